The fourth-order valence-electron chi connectivity index (χ4n) is 2.33. The summed E-state index contributed by atoms with van der Waals surface area (Å²) in [5.41, 5.74) is 0.626. The minimum Gasteiger partial charge on any atom is -0.496 e. The van der Waals surface area contributed by atoms with Gasteiger partial charge in [-0.25, -0.2) is 9.67 Å². The van der Waals surface area contributed by atoms with Crippen LogP contribution in [0.2, 0.25) is 0 Å². The summed E-state index contributed by atoms with van der Waals surface area (Å²) in [5.74, 6) is 1.92. The molecule has 114 valence electrons. The molecule has 2 aromatic rings. The zero-order valence-corrected chi connectivity index (χ0v) is 12.8. The molecule has 6 nitrogen and oxygen atoms in total. The Hall–Kier alpha value is -2.08. The molecule has 1 unspecified atom stereocenters. The molecule has 0 saturated carbocycles. The van der Waals surface area contributed by atoms with E-state index < -0.39 is 6.10 Å². The third-order valence-corrected chi connectivity index (χ3v) is 3.31. The van der Waals surface area contributed by atoms with Crippen LogP contribution in [0.15, 0.2) is 24.5 Å². The number of ether oxygens (including phenoxy) is 2. The second-order valence-electron chi connectivity index (χ2n) is 5.01. The second kappa shape index (κ2) is 6.58. The molecule has 0 aliphatic carbocycles. The summed E-state index contributed by atoms with van der Waals surface area (Å²) in [6.07, 6.45) is 1.06. The summed E-state index contributed by atoms with van der Waals surface area (Å²) in [6, 6.07) is 5.61. The third kappa shape index (κ3) is 3.16. The summed E-state index contributed by atoms with van der Waals surface area (Å²) in [5, 5.41) is 14.8. The van der Waals surface area contributed by atoms with Crippen molar-refractivity contribution in [3.05, 3.63) is 35.9 Å². The molecule has 0 radical (unpaired) electrons. The van der Waals surface area contributed by atoms with E-state index >= 15 is 0 Å². The molecule has 0 bridgehead atoms. The molecule has 1 heterocycles. The van der Waals surface area contributed by atoms with Crippen LogP contribution in [0.3, 0.4) is 0 Å². The Bertz CT molecular complexity index is 573. The standard InChI is InChI=1S/C15H21N3O3/c1-10(2)18-14(16-9-17-18)8-11(19)15-12(20-3)6-5-7-13(15)21-4/h5-7,9-11,19H,8H2,1-4H3. The zero-order chi connectivity index (χ0) is 15.4. The number of aliphatic hydroxyl groups is 1. The van der Waals surface area contributed by atoms with Crippen molar-refractivity contribution in [1.82, 2.24) is 14.8 Å². The van der Waals surface area contributed by atoms with Crippen molar-refractivity contribution >= 4 is 0 Å². The monoisotopic (exact) mass is 291 g/mol. The molecule has 0 saturated heterocycles. The quantitative estimate of drug-likeness (QED) is 0.883. The molecule has 1 aromatic heterocycles. The van der Waals surface area contributed by atoms with Crippen LogP contribution in [-0.2, 0) is 6.42 Å². The van der Waals surface area contributed by atoms with Gasteiger partial charge in [0.05, 0.1) is 25.9 Å². The molecular weight excluding hydrogens is 270 g/mol. The van der Waals surface area contributed by atoms with Crippen molar-refractivity contribution in [2.45, 2.75) is 32.4 Å². The van der Waals surface area contributed by atoms with Gasteiger partial charge in [-0.1, -0.05) is 6.07 Å². The molecule has 0 amide bonds. The predicted octanol–water partition coefficient (Wildman–Crippen LogP) is 2.15. The first kappa shape index (κ1) is 15.3. The van der Waals surface area contributed by atoms with E-state index in [1.807, 2.05) is 19.9 Å². The van der Waals surface area contributed by atoms with E-state index in [0.717, 1.165) is 5.82 Å². The van der Waals surface area contributed by atoms with Crippen LogP contribution in [0.25, 0.3) is 0 Å². The lowest BCUT2D eigenvalue weighted by Gasteiger charge is -2.18. The second-order valence-corrected chi connectivity index (χ2v) is 5.01. The average molecular weight is 291 g/mol. The molecule has 0 aliphatic heterocycles. The van der Waals surface area contributed by atoms with E-state index in [-0.39, 0.29) is 6.04 Å². The summed E-state index contributed by atoms with van der Waals surface area (Å²) in [6.45, 7) is 4.04. The number of hydrogen-bond donors (Lipinski definition) is 1. The van der Waals surface area contributed by atoms with Gasteiger partial charge in [-0.15, -0.1) is 0 Å². The van der Waals surface area contributed by atoms with Gasteiger partial charge in [0.15, 0.2) is 0 Å². The SMILES string of the molecule is COc1cccc(OC)c1C(O)Cc1ncnn1C(C)C. The number of aliphatic hydroxyl groups excluding tert-OH is 1. The number of hydrogen-bond acceptors (Lipinski definition) is 5. The molecule has 0 aliphatic rings. The van der Waals surface area contributed by atoms with Crippen molar-refractivity contribution < 1.29 is 14.6 Å². The maximum atomic E-state index is 10.6. The minimum absolute atomic E-state index is 0.189. The third-order valence-electron chi connectivity index (χ3n) is 3.31. The van der Waals surface area contributed by atoms with Gasteiger partial charge in [0.2, 0.25) is 0 Å². The Labute approximate surface area is 124 Å². The largest absolute Gasteiger partial charge is 0.496 e. The zero-order valence-electron chi connectivity index (χ0n) is 12.8. The molecule has 1 aromatic carbocycles. The van der Waals surface area contributed by atoms with Gasteiger partial charge in [-0.05, 0) is 26.0 Å². The summed E-state index contributed by atoms with van der Waals surface area (Å²) in [4.78, 5) is 4.22. The first-order valence-corrected chi connectivity index (χ1v) is 6.85. The molecular formula is C15H21N3O3. The molecule has 2 rings (SSSR count). The lowest BCUT2D eigenvalue weighted by molar-refractivity contribution is 0.164. The minimum atomic E-state index is -0.780. The number of rotatable bonds is 6. The molecule has 1 atom stereocenters. The van der Waals surface area contributed by atoms with Gasteiger partial charge in [0.1, 0.15) is 23.7 Å². The highest BCUT2D eigenvalue weighted by atomic mass is 16.5. The van der Waals surface area contributed by atoms with Crippen LogP contribution in [0.4, 0.5) is 0 Å². The lowest BCUT2D eigenvalue weighted by atomic mass is 10.0. The normalized spacial score (nSPS) is 12.5. The van der Waals surface area contributed by atoms with E-state index in [0.29, 0.717) is 23.5 Å². The number of aromatic nitrogens is 3. The maximum Gasteiger partial charge on any atom is 0.138 e. The topological polar surface area (TPSA) is 69.4 Å². The molecule has 0 fully saturated rings. The molecule has 21 heavy (non-hydrogen) atoms. The lowest BCUT2D eigenvalue weighted by Crippen LogP contribution is -2.13. The Morgan fingerprint density at radius 1 is 1.19 bits per heavy atom. The van der Waals surface area contributed by atoms with Gasteiger partial charge in [0, 0.05) is 12.5 Å². The van der Waals surface area contributed by atoms with Crippen molar-refractivity contribution in [3.8, 4) is 11.5 Å². The van der Waals surface area contributed by atoms with Gasteiger partial charge >= 0.3 is 0 Å². The highest BCUT2D eigenvalue weighted by Gasteiger charge is 2.21. The van der Waals surface area contributed by atoms with E-state index in [2.05, 4.69) is 10.1 Å². The highest BCUT2D eigenvalue weighted by Crippen LogP contribution is 2.35. The van der Waals surface area contributed by atoms with Crippen LogP contribution in [0.5, 0.6) is 11.5 Å². The Morgan fingerprint density at radius 3 is 2.33 bits per heavy atom. The van der Waals surface area contributed by atoms with E-state index in [1.165, 1.54) is 6.33 Å². The van der Waals surface area contributed by atoms with Crippen molar-refractivity contribution in [2.24, 2.45) is 0 Å². The van der Waals surface area contributed by atoms with E-state index in [4.69, 9.17) is 9.47 Å². The Kier molecular flexibility index (Phi) is 4.80. The maximum absolute atomic E-state index is 10.6. The summed E-state index contributed by atoms with van der Waals surface area (Å²) in [7, 11) is 3.14. The van der Waals surface area contributed by atoms with E-state index in [9.17, 15) is 5.11 Å². The smallest absolute Gasteiger partial charge is 0.138 e. The predicted molar refractivity (Wildman–Crippen MR) is 78.6 cm³/mol. The molecule has 0 spiro atoms. The number of benzene rings is 1. The first-order valence-electron chi connectivity index (χ1n) is 6.85. The number of nitrogens with zero attached hydrogens (tertiary/aromatic N) is 3. The Balaban J connectivity index is 2.32. The van der Waals surface area contributed by atoms with Crippen LogP contribution in [-0.4, -0.2) is 34.1 Å². The molecule has 6 heteroatoms. The van der Waals surface area contributed by atoms with Gasteiger partial charge < -0.3 is 14.6 Å². The molecule has 1 N–H and O–H groups in total. The summed E-state index contributed by atoms with van der Waals surface area (Å²) < 4.78 is 12.4. The van der Waals surface area contributed by atoms with Crippen LogP contribution < -0.4 is 9.47 Å². The fraction of sp³-hybridized carbons (Fsp3) is 0.467. The van der Waals surface area contributed by atoms with Crippen LogP contribution >= 0.6 is 0 Å². The number of methoxy groups -OCH3 is 2. The Morgan fingerprint density at radius 2 is 1.81 bits per heavy atom. The van der Waals surface area contributed by atoms with Crippen molar-refractivity contribution in [3.63, 3.8) is 0 Å². The fourth-order valence-corrected chi connectivity index (χ4v) is 2.33. The van der Waals surface area contributed by atoms with Gasteiger partial charge in [-0.3, -0.25) is 0 Å². The van der Waals surface area contributed by atoms with Crippen LogP contribution in [0.1, 0.15) is 37.4 Å². The highest BCUT2D eigenvalue weighted by molar-refractivity contribution is 5.46. The van der Waals surface area contributed by atoms with E-state index in [1.54, 1.807) is 31.0 Å². The van der Waals surface area contributed by atoms with Gasteiger partial charge in [0.25, 0.3) is 0 Å². The summed E-state index contributed by atoms with van der Waals surface area (Å²) >= 11 is 0. The average Bonchev–Trinajstić information content (AvgIpc) is 2.94. The van der Waals surface area contributed by atoms with Crippen molar-refractivity contribution in [2.75, 3.05) is 14.2 Å². The van der Waals surface area contributed by atoms with Crippen LogP contribution in [0, 0.1) is 0 Å². The van der Waals surface area contributed by atoms with Crippen molar-refractivity contribution in [1.29, 1.82) is 0 Å². The van der Waals surface area contributed by atoms with Gasteiger partial charge in [-0.2, -0.15) is 5.10 Å². The first-order chi connectivity index (χ1) is 10.1.